The minimum absolute atomic E-state index is 0.0726. The number of carbonyl (C=O) groups excluding carboxylic acids is 1. The number of hydrogen-bond donors (Lipinski definition) is 1. The Bertz CT molecular complexity index is 564. The maximum atomic E-state index is 13.5. The lowest BCUT2D eigenvalue weighted by Crippen LogP contribution is -2.52. The molecule has 2 aliphatic rings. The number of amides is 1. The van der Waals surface area contributed by atoms with Crippen molar-refractivity contribution in [3.63, 3.8) is 0 Å². The van der Waals surface area contributed by atoms with Crippen LogP contribution in [-0.4, -0.2) is 43.2 Å². The van der Waals surface area contributed by atoms with Crippen LogP contribution in [0.4, 0.5) is 8.78 Å². The summed E-state index contributed by atoms with van der Waals surface area (Å²) < 4.78 is 32.3. The molecule has 4 nitrogen and oxygen atoms in total. The molecular weight excluding hydrogens is 302 g/mol. The lowest BCUT2D eigenvalue weighted by molar-refractivity contribution is -0.129. The summed E-state index contributed by atoms with van der Waals surface area (Å²) in [6.45, 7) is 4.69. The third-order valence-electron chi connectivity index (χ3n) is 4.70. The van der Waals surface area contributed by atoms with Gasteiger partial charge in [0, 0.05) is 19.2 Å². The van der Waals surface area contributed by atoms with Gasteiger partial charge in [0.15, 0.2) is 0 Å². The van der Waals surface area contributed by atoms with Gasteiger partial charge in [-0.1, -0.05) is 6.92 Å². The zero-order valence-corrected chi connectivity index (χ0v) is 13.3. The first kappa shape index (κ1) is 16.3. The van der Waals surface area contributed by atoms with Crippen molar-refractivity contribution >= 4 is 5.91 Å². The third kappa shape index (κ3) is 3.53. The quantitative estimate of drug-likeness (QED) is 0.903. The van der Waals surface area contributed by atoms with Gasteiger partial charge in [0.05, 0.1) is 24.8 Å². The molecule has 0 spiro atoms. The minimum atomic E-state index is -0.611. The van der Waals surface area contributed by atoms with Gasteiger partial charge in [-0.05, 0) is 37.0 Å². The van der Waals surface area contributed by atoms with Crippen molar-refractivity contribution in [2.75, 3.05) is 26.3 Å². The van der Waals surface area contributed by atoms with Crippen LogP contribution in [0.5, 0.6) is 0 Å². The van der Waals surface area contributed by atoms with E-state index in [0.717, 1.165) is 19.2 Å². The molecule has 126 valence electrons. The molecule has 1 saturated carbocycles. The molecule has 1 aromatic carbocycles. The highest BCUT2D eigenvalue weighted by atomic mass is 19.1. The topological polar surface area (TPSA) is 41.6 Å². The van der Waals surface area contributed by atoms with Crippen LogP contribution in [-0.2, 0) is 15.1 Å². The number of halogens is 2. The standard InChI is InChI=1S/C17H22F2N2O2/c1-2-15(21-5-7-23-8-6-21)16(22)20-17(3-4-17)12-9-13(18)11-14(19)10-12/h9-11,15H,2-8H2,1H3,(H,20,22). The summed E-state index contributed by atoms with van der Waals surface area (Å²) >= 11 is 0. The lowest BCUT2D eigenvalue weighted by atomic mass is 10.0. The molecule has 1 aliphatic heterocycles. The van der Waals surface area contributed by atoms with Gasteiger partial charge >= 0.3 is 0 Å². The SMILES string of the molecule is CCC(C(=O)NC1(c2cc(F)cc(F)c2)CC1)N1CCOCC1. The molecule has 1 N–H and O–H groups in total. The number of hydrogen-bond acceptors (Lipinski definition) is 3. The Morgan fingerprint density at radius 2 is 1.87 bits per heavy atom. The van der Waals surface area contributed by atoms with Gasteiger partial charge in [-0.3, -0.25) is 9.69 Å². The van der Waals surface area contributed by atoms with Crippen molar-refractivity contribution in [1.82, 2.24) is 10.2 Å². The summed E-state index contributed by atoms with van der Waals surface area (Å²) in [6, 6.07) is 3.25. The van der Waals surface area contributed by atoms with Crippen molar-refractivity contribution in [2.24, 2.45) is 0 Å². The summed E-state index contributed by atoms with van der Waals surface area (Å²) in [5.74, 6) is -1.29. The smallest absolute Gasteiger partial charge is 0.238 e. The van der Waals surface area contributed by atoms with Gasteiger partial charge < -0.3 is 10.1 Å². The number of benzene rings is 1. The molecular formula is C17H22F2N2O2. The number of carbonyl (C=O) groups is 1. The van der Waals surface area contributed by atoms with Crippen LogP contribution in [0.3, 0.4) is 0 Å². The summed E-state index contributed by atoms with van der Waals surface area (Å²) in [7, 11) is 0. The maximum Gasteiger partial charge on any atom is 0.238 e. The summed E-state index contributed by atoms with van der Waals surface area (Å²) in [4.78, 5) is 14.8. The number of morpholine rings is 1. The minimum Gasteiger partial charge on any atom is -0.379 e. The van der Waals surface area contributed by atoms with Crippen LogP contribution >= 0.6 is 0 Å². The van der Waals surface area contributed by atoms with Crippen LogP contribution in [0.15, 0.2) is 18.2 Å². The van der Waals surface area contributed by atoms with Gasteiger partial charge in [0.25, 0.3) is 0 Å². The van der Waals surface area contributed by atoms with Crippen LogP contribution in [0.2, 0.25) is 0 Å². The summed E-state index contributed by atoms with van der Waals surface area (Å²) in [5.41, 5.74) is -0.0973. The Kier molecular flexibility index (Phi) is 4.64. The van der Waals surface area contributed by atoms with Crippen molar-refractivity contribution in [1.29, 1.82) is 0 Å². The van der Waals surface area contributed by atoms with Crippen LogP contribution in [0.1, 0.15) is 31.7 Å². The first-order valence-corrected chi connectivity index (χ1v) is 8.14. The second kappa shape index (κ2) is 6.53. The Labute approximate surface area is 134 Å². The highest BCUT2D eigenvalue weighted by Gasteiger charge is 2.47. The van der Waals surface area contributed by atoms with E-state index in [1.165, 1.54) is 12.1 Å². The van der Waals surface area contributed by atoms with E-state index in [9.17, 15) is 13.6 Å². The van der Waals surface area contributed by atoms with Gasteiger partial charge in [-0.2, -0.15) is 0 Å². The largest absolute Gasteiger partial charge is 0.379 e. The molecule has 1 amide bonds. The highest BCUT2D eigenvalue weighted by molar-refractivity contribution is 5.83. The van der Waals surface area contributed by atoms with Gasteiger partial charge in [-0.15, -0.1) is 0 Å². The second-order valence-corrected chi connectivity index (χ2v) is 6.30. The first-order valence-electron chi connectivity index (χ1n) is 8.14. The molecule has 1 aromatic rings. The molecule has 2 fully saturated rings. The van der Waals surface area contributed by atoms with E-state index in [4.69, 9.17) is 4.74 Å². The molecule has 1 heterocycles. The van der Waals surface area contributed by atoms with Gasteiger partial charge in [0.2, 0.25) is 5.91 Å². The van der Waals surface area contributed by atoms with Crippen LogP contribution < -0.4 is 5.32 Å². The van der Waals surface area contributed by atoms with E-state index >= 15 is 0 Å². The average Bonchev–Trinajstić information content (AvgIpc) is 3.29. The third-order valence-corrected chi connectivity index (χ3v) is 4.70. The average molecular weight is 324 g/mol. The Balaban J connectivity index is 1.73. The van der Waals surface area contributed by atoms with E-state index in [1.807, 2.05) is 6.92 Å². The van der Waals surface area contributed by atoms with Crippen molar-refractivity contribution in [2.45, 2.75) is 37.8 Å². The van der Waals surface area contributed by atoms with Crippen LogP contribution in [0, 0.1) is 11.6 Å². The summed E-state index contributed by atoms with van der Waals surface area (Å²) in [6.07, 6.45) is 2.11. The Hall–Kier alpha value is -1.53. The fourth-order valence-corrected chi connectivity index (χ4v) is 3.26. The van der Waals surface area contributed by atoms with Crippen molar-refractivity contribution < 1.29 is 18.3 Å². The number of rotatable bonds is 5. The summed E-state index contributed by atoms with van der Waals surface area (Å²) in [5, 5.41) is 3.03. The van der Waals surface area contributed by atoms with Crippen molar-refractivity contribution in [3.8, 4) is 0 Å². The normalized spacial score (nSPS) is 21.7. The Morgan fingerprint density at radius 3 is 2.39 bits per heavy atom. The molecule has 0 bridgehead atoms. The van der Waals surface area contributed by atoms with E-state index in [-0.39, 0.29) is 11.9 Å². The van der Waals surface area contributed by atoms with Gasteiger partial charge in [-0.25, -0.2) is 8.78 Å². The fourth-order valence-electron chi connectivity index (χ4n) is 3.26. The van der Waals surface area contributed by atoms with E-state index in [1.54, 1.807) is 0 Å². The molecule has 1 saturated heterocycles. The molecule has 23 heavy (non-hydrogen) atoms. The maximum absolute atomic E-state index is 13.5. The van der Waals surface area contributed by atoms with E-state index in [0.29, 0.717) is 38.0 Å². The predicted octanol–water partition coefficient (Wildman–Crippen LogP) is 2.18. The molecule has 0 radical (unpaired) electrons. The van der Waals surface area contributed by atoms with Crippen molar-refractivity contribution in [3.05, 3.63) is 35.4 Å². The molecule has 1 unspecified atom stereocenters. The fraction of sp³-hybridized carbons (Fsp3) is 0.588. The lowest BCUT2D eigenvalue weighted by Gasteiger charge is -2.34. The Morgan fingerprint density at radius 1 is 1.26 bits per heavy atom. The number of nitrogens with one attached hydrogen (secondary N) is 1. The molecule has 0 aromatic heterocycles. The predicted molar refractivity (Wildman–Crippen MR) is 81.9 cm³/mol. The molecule has 6 heteroatoms. The zero-order valence-electron chi connectivity index (χ0n) is 13.3. The second-order valence-electron chi connectivity index (χ2n) is 6.30. The zero-order chi connectivity index (χ0) is 16.4. The monoisotopic (exact) mass is 324 g/mol. The van der Waals surface area contributed by atoms with Crippen LogP contribution in [0.25, 0.3) is 0 Å². The highest BCUT2D eigenvalue weighted by Crippen LogP contribution is 2.46. The molecule has 1 atom stereocenters. The number of ether oxygens (including phenoxy) is 1. The van der Waals surface area contributed by atoms with Gasteiger partial charge in [0.1, 0.15) is 11.6 Å². The molecule has 3 rings (SSSR count). The van der Waals surface area contributed by atoms with E-state index in [2.05, 4.69) is 10.2 Å². The first-order chi connectivity index (χ1) is 11.0. The number of nitrogens with zero attached hydrogens (tertiary/aromatic N) is 1. The van der Waals surface area contributed by atoms with E-state index < -0.39 is 17.2 Å². The molecule has 1 aliphatic carbocycles.